The summed E-state index contributed by atoms with van der Waals surface area (Å²) in [5, 5.41) is 46.7. The van der Waals surface area contributed by atoms with Gasteiger partial charge in [0.1, 0.15) is 5.75 Å². The maximum absolute atomic E-state index is 11.3. The van der Waals surface area contributed by atoms with E-state index in [0.717, 1.165) is 61.8 Å². The molecule has 0 spiro atoms. The fraction of sp³-hybridized carbons (Fsp3) is 0.500. The van der Waals surface area contributed by atoms with E-state index in [9.17, 15) is 20.4 Å². The van der Waals surface area contributed by atoms with Gasteiger partial charge in [-0.25, -0.2) is 0 Å². The monoisotopic (exact) mass is 601 g/mol. The van der Waals surface area contributed by atoms with Gasteiger partial charge in [0.2, 0.25) is 5.75 Å². The lowest BCUT2D eigenvalue weighted by Crippen LogP contribution is -2.44. The minimum Gasteiger partial charge on any atom is -0.670 e. The Bertz CT molecular complexity index is 1450. The van der Waals surface area contributed by atoms with Crippen LogP contribution in [0.15, 0.2) is 54.9 Å². The van der Waals surface area contributed by atoms with E-state index in [1.54, 1.807) is 18.5 Å². The van der Waals surface area contributed by atoms with Crippen molar-refractivity contribution in [2.75, 3.05) is 20.7 Å². The molecular formula is C36H45N2O6-. The fourth-order valence-corrected chi connectivity index (χ4v) is 7.83. The zero-order valence-electron chi connectivity index (χ0n) is 25.7. The summed E-state index contributed by atoms with van der Waals surface area (Å²) in [6.07, 6.45) is 13.5. The SMILES string of the molecule is CNCC[C@@H]1CC=C[C@H](c2cc([C@@H]3CC[C@@H]4[C@H](C3)O[C@H](c3cc(O)c(O)c(OC)c3Cc3cc[n-]c3)C[C@@H]4O)ccc2O)C1. The van der Waals surface area contributed by atoms with E-state index in [1.807, 2.05) is 25.2 Å². The number of aromatic nitrogens is 1. The van der Waals surface area contributed by atoms with Crippen LogP contribution in [0.3, 0.4) is 0 Å². The van der Waals surface area contributed by atoms with Crippen LogP contribution < -0.4 is 15.0 Å². The van der Waals surface area contributed by atoms with E-state index in [0.29, 0.717) is 30.1 Å². The van der Waals surface area contributed by atoms with Gasteiger partial charge >= 0.3 is 0 Å². The summed E-state index contributed by atoms with van der Waals surface area (Å²) in [6.45, 7) is 0.998. The highest BCUT2D eigenvalue weighted by molar-refractivity contribution is 5.59. The predicted octanol–water partition coefficient (Wildman–Crippen LogP) is 5.79. The summed E-state index contributed by atoms with van der Waals surface area (Å²) in [4.78, 5) is 4.17. The molecule has 236 valence electrons. The fourth-order valence-electron chi connectivity index (χ4n) is 7.83. The molecule has 0 bridgehead atoms. The number of aliphatic hydroxyl groups excluding tert-OH is 1. The van der Waals surface area contributed by atoms with Gasteiger partial charge in [-0.15, -0.1) is 0 Å². The lowest BCUT2D eigenvalue weighted by atomic mass is 9.71. The number of phenols is 3. The van der Waals surface area contributed by atoms with E-state index < -0.39 is 12.2 Å². The zero-order valence-corrected chi connectivity index (χ0v) is 25.7. The molecule has 8 heteroatoms. The second-order valence-corrected chi connectivity index (χ2v) is 12.9. The highest BCUT2D eigenvalue weighted by Crippen LogP contribution is 2.50. The first-order valence-corrected chi connectivity index (χ1v) is 16.0. The normalized spacial score (nSPS) is 28.5. The third-order valence-electron chi connectivity index (χ3n) is 10.2. The number of methoxy groups -OCH3 is 1. The van der Waals surface area contributed by atoms with Crippen molar-refractivity contribution in [1.82, 2.24) is 10.3 Å². The van der Waals surface area contributed by atoms with Crippen LogP contribution in [0.25, 0.3) is 0 Å². The minimum atomic E-state index is -0.549. The molecule has 1 saturated heterocycles. The van der Waals surface area contributed by atoms with Crippen LogP contribution in [0, 0.1) is 11.8 Å². The van der Waals surface area contributed by atoms with Crippen LogP contribution in [0.1, 0.15) is 90.7 Å². The van der Waals surface area contributed by atoms with E-state index in [-0.39, 0.29) is 41.1 Å². The summed E-state index contributed by atoms with van der Waals surface area (Å²) in [5.74, 6) is 1.06. The van der Waals surface area contributed by atoms with Crippen molar-refractivity contribution in [2.45, 2.75) is 81.5 Å². The first-order valence-electron chi connectivity index (χ1n) is 16.0. The highest BCUT2D eigenvalue weighted by atomic mass is 16.5. The van der Waals surface area contributed by atoms with Gasteiger partial charge < -0.3 is 40.2 Å². The minimum absolute atomic E-state index is 0.0311. The van der Waals surface area contributed by atoms with Gasteiger partial charge in [-0.3, -0.25) is 0 Å². The Morgan fingerprint density at radius 2 is 1.89 bits per heavy atom. The van der Waals surface area contributed by atoms with Gasteiger partial charge in [0.05, 0.1) is 25.4 Å². The topological polar surface area (TPSA) is 126 Å². The Kier molecular flexibility index (Phi) is 9.21. The molecule has 1 aliphatic heterocycles. The number of nitrogens with zero attached hydrogens (tertiary/aromatic N) is 1. The predicted molar refractivity (Wildman–Crippen MR) is 168 cm³/mol. The third kappa shape index (κ3) is 6.21. The van der Waals surface area contributed by atoms with Crippen LogP contribution in [0.2, 0.25) is 0 Å². The quantitative estimate of drug-likeness (QED) is 0.154. The van der Waals surface area contributed by atoms with Crippen molar-refractivity contribution in [3.63, 3.8) is 0 Å². The van der Waals surface area contributed by atoms with Crippen molar-refractivity contribution in [2.24, 2.45) is 11.8 Å². The Morgan fingerprint density at radius 1 is 1.02 bits per heavy atom. The molecule has 8 nitrogen and oxygen atoms in total. The molecule has 2 fully saturated rings. The number of hydrogen-bond acceptors (Lipinski definition) is 7. The Morgan fingerprint density at radius 3 is 2.66 bits per heavy atom. The molecule has 1 aromatic heterocycles. The summed E-state index contributed by atoms with van der Waals surface area (Å²) >= 11 is 0. The van der Waals surface area contributed by atoms with Crippen LogP contribution >= 0.6 is 0 Å². The molecule has 1 saturated carbocycles. The summed E-state index contributed by atoms with van der Waals surface area (Å²) in [5.41, 5.74) is 4.58. The number of hydrogen-bond donors (Lipinski definition) is 5. The van der Waals surface area contributed by atoms with Crippen molar-refractivity contribution in [3.8, 4) is 23.0 Å². The number of aliphatic hydroxyl groups is 1. The third-order valence-corrected chi connectivity index (χ3v) is 10.2. The first kappa shape index (κ1) is 30.6. The lowest BCUT2D eigenvalue weighted by molar-refractivity contribution is -0.154. The average Bonchev–Trinajstić information content (AvgIpc) is 3.55. The number of aromatic hydroxyl groups is 3. The number of phenolic OH excluding ortho intramolecular Hbond substituents is 3. The highest BCUT2D eigenvalue weighted by Gasteiger charge is 2.43. The maximum Gasteiger partial charge on any atom is 0.200 e. The van der Waals surface area contributed by atoms with E-state index in [2.05, 4.69) is 28.5 Å². The van der Waals surface area contributed by atoms with E-state index >= 15 is 0 Å². The smallest absolute Gasteiger partial charge is 0.200 e. The maximum atomic E-state index is 11.3. The van der Waals surface area contributed by atoms with Crippen molar-refractivity contribution in [1.29, 1.82) is 0 Å². The standard InChI is InChI=1S/C36H45N2O6/c1-37-12-10-21-4-3-5-25(14-21)27-16-23(7-9-30(27)39)24-6-8-26-31(40)19-34(44-33(26)17-24)28-18-32(41)35(42)36(43-2)29(28)15-22-11-13-38-20-22/h3,5,7,9,11,13,16,18,20-21,24-26,31,33-34,37,39-42H,4,6,8,10,12,14-15,17,19H2,1-2H3/q-1/t21-,24+,25-,26-,31-,33-,34-/m0/s1. The number of allylic oxidation sites excluding steroid dienone is 2. The van der Waals surface area contributed by atoms with Gasteiger partial charge in [0.25, 0.3) is 0 Å². The molecule has 44 heavy (non-hydrogen) atoms. The Balaban J connectivity index is 1.24. The molecule has 3 aliphatic rings. The molecule has 5 N–H and O–H groups in total. The number of benzene rings is 2. The summed E-state index contributed by atoms with van der Waals surface area (Å²) in [6, 6.07) is 9.54. The van der Waals surface area contributed by atoms with Crippen LogP contribution in [0.5, 0.6) is 23.0 Å². The van der Waals surface area contributed by atoms with Crippen molar-refractivity contribution < 1.29 is 29.9 Å². The molecule has 2 heterocycles. The molecule has 0 unspecified atom stereocenters. The molecule has 2 aliphatic carbocycles. The second kappa shape index (κ2) is 13.3. The van der Waals surface area contributed by atoms with Crippen LogP contribution in [0.4, 0.5) is 0 Å². The van der Waals surface area contributed by atoms with Gasteiger partial charge in [0, 0.05) is 29.4 Å². The second-order valence-electron chi connectivity index (χ2n) is 12.9. The molecule has 0 radical (unpaired) electrons. The van der Waals surface area contributed by atoms with Gasteiger partial charge in [-0.1, -0.05) is 35.9 Å². The molecular weight excluding hydrogens is 556 g/mol. The van der Waals surface area contributed by atoms with Crippen molar-refractivity contribution in [3.05, 3.63) is 82.7 Å². The molecule has 0 amide bonds. The van der Waals surface area contributed by atoms with Crippen molar-refractivity contribution >= 4 is 0 Å². The molecule has 3 aromatic rings. The van der Waals surface area contributed by atoms with Gasteiger partial charge in [-0.2, -0.15) is 12.4 Å². The number of rotatable bonds is 9. The van der Waals surface area contributed by atoms with Gasteiger partial charge in [0.15, 0.2) is 11.5 Å². The summed E-state index contributed by atoms with van der Waals surface area (Å²) < 4.78 is 12.3. The molecule has 2 aromatic carbocycles. The largest absolute Gasteiger partial charge is 0.670 e. The van der Waals surface area contributed by atoms with Crippen LogP contribution in [-0.4, -0.2) is 53.3 Å². The lowest BCUT2D eigenvalue weighted by Gasteiger charge is -2.45. The average molecular weight is 602 g/mol. The summed E-state index contributed by atoms with van der Waals surface area (Å²) in [7, 11) is 3.46. The zero-order chi connectivity index (χ0) is 30.8. The first-order chi connectivity index (χ1) is 21.4. The molecule has 6 rings (SSSR count). The van der Waals surface area contributed by atoms with E-state index in [4.69, 9.17) is 9.47 Å². The Labute approximate surface area is 259 Å². The van der Waals surface area contributed by atoms with Gasteiger partial charge in [-0.05, 0) is 93.6 Å². The number of nitrogens with one attached hydrogen (secondary N) is 1. The Hall–Kier alpha value is -3.46. The van der Waals surface area contributed by atoms with Crippen LogP contribution in [-0.2, 0) is 11.2 Å². The number of ether oxygens (including phenoxy) is 2. The van der Waals surface area contributed by atoms with E-state index in [1.165, 1.54) is 12.7 Å². The molecule has 7 atom stereocenters. The number of fused-ring (bicyclic) bond motifs is 1.